The third-order valence-corrected chi connectivity index (χ3v) is 3.97. The molecule has 2 rings (SSSR count). The molecule has 0 saturated carbocycles. The van der Waals surface area contributed by atoms with E-state index in [1.54, 1.807) is 17.4 Å². The van der Waals surface area contributed by atoms with Crippen molar-refractivity contribution in [1.29, 1.82) is 0 Å². The first-order chi connectivity index (χ1) is 11.4. The smallest absolute Gasteiger partial charge is 0.404 e. The van der Waals surface area contributed by atoms with Gasteiger partial charge in [0, 0.05) is 18.3 Å². The van der Waals surface area contributed by atoms with Crippen molar-refractivity contribution in [2.75, 3.05) is 11.9 Å². The van der Waals surface area contributed by atoms with Gasteiger partial charge in [0.2, 0.25) is 0 Å². The van der Waals surface area contributed by atoms with Crippen LogP contribution in [-0.4, -0.2) is 23.9 Å². The lowest BCUT2D eigenvalue weighted by atomic mass is 10.3. The minimum Gasteiger partial charge on any atom is -0.404 e. The molecule has 1 aromatic carbocycles. The number of aryl methyl sites for hydroxylation is 1. The van der Waals surface area contributed by atoms with Crippen molar-refractivity contribution in [2.45, 2.75) is 26.1 Å². The van der Waals surface area contributed by atoms with Crippen molar-refractivity contribution < 1.29 is 17.9 Å². The summed E-state index contributed by atoms with van der Waals surface area (Å²) in [5.74, 6) is -0.352. The number of hydrogen-bond donors (Lipinski definition) is 2. The van der Waals surface area contributed by atoms with Crippen LogP contribution in [0.1, 0.15) is 17.6 Å². The number of nitrogens with one attached hydrogen (secondary N) is 1. The Kier molecular flexibility index (Phi) is 8.42. The topological polar surface area (TPSA) is 72.5 Å². The van der Waals surface area contributed by atoms with Gasteiger partial charge in [-0.2, -0.15) is 0 Å². The Morgan fingerprint density at radius 3 is 2.72 bits per heavy atom. The molecule has 0 radical (unpaired) electrons. The van der Waals surface area contributed by atoms with Crippen LogP contribution >= 0.6 is 35.3 Å². The molecule has 0 amide bonds. The number of ether oxygens (including phenoxy) is 1. The molecule has 0 spiro atoms. The molecule has 10 heteroatoms. The van der Waals surface area contributed by atoms with Crippen molar-refractivity contribution in [1.82, 2.24) is 4.98 Å². The van der Waals surface area contributed by atoms with Crippen LogP contribution in [0.15, 0.2) is 34.6 Å². The van der Waals surface area contributed by atoms with Gasteiger partial charge < -0.3 is 15.8 Å². The van der Waals surface area contributed by atoms with E-state index in [4.69, 9.17) is 5.73 Å². The van der Waals surface area contributed by atoms with Crippen molar-refractivity contribution in [2.24, 2.45) is 10.7 Å². The lowest BCUT2D eigenvalue weighted by Gasteiger charge is -2.14. The van der Waals surface area contributed by atoms with Crippen molar-refractivity contribution >= 4 is 47.0 Å². The van der Waals surface area contributed by atoms with Gasteiger partial charge in [0.1, 0.15) is 0 Å². The van der Waals surface area contributed by atoms with E-state index in [1.165, 1.54) is 18.2 Å². The fourth-order valence-corrected chi connectivity index (χ4v) is 2.66. The second-order valence-corrected chi connectivity index (χ2v) is 5.71. The minimum atomic E-state index is -4.77. The Hall–Kier alpha value is -1.56. The number of thiazole rings is 1. The number of hydrogen-bond acceptors (Lipinski definition) is 4. The zero-order chi connectivity index (χ0) is 17.6. The summed E-state index contributed by atoms with van der Waals surface area (Å²) < 4.78 is 41.0. The number of guanidine groups is 1. The summed E-state index contributed by atoms with van der Waals surface area (Å²) in [5.41, 5.74) is 6.74. The number of aromatic nitrogens is 1. The van der Waals surface area contributed by atoms with E-state index in [0.29, 0.717) is 13.0 Å². The Balaban J connectivity index is 0.00000312. The second kappa shape index (κ2) is 9.80. The van der Waals surface area contributed by atoms with Crippen LogP contribution < -0.4 is 15.8 Å². The summed E-state index contributed by atoms with van der Waals surface area (Å²) in [6, 6.07) is 5.63. The molecule has 0 atom stereocenters. The second-order valence-electron chi connectivity index (χ2n) is 4.77. The van der Waals surface area contributed by atoms with Gasteiger partial charge in [-0.25, -0.2) is 4.98 Å². The van der Waals surface area contributed by atoms with E-state index < -0.39 is 6.36 Å². The fraction of sp³-hybridized carbons (Fsp3) is 0.333. The summed E-state index contributed by atoms with van der Waals surface area (Å²) in [5, 5.41) is 5.64. The summed E-state index contributed by atoms with van der Waals surface area (Å²) in [7, 11) is 0. The third kappa shape index (κ3) is 7.46. The van der Waals surface area contributed by atoms with Gasteiger partial charge in [-0.1, -0.05) is 19.1 Å². The molecular weight excluding hydrogens is 468 g/mol. The van der Waals surface area contributed by atoms with Gasteiger partial charge in [0.05, 0.1) is 16.4 Å². The highest BCUT2D eigenvalue weighted by molar-refractivity contribution is 14.0. The maximum atomic E-state index is 12.4. The first kappa shape index (κ1) is 21.5. The molecular formula is C15H18F3IN4OS. The number of halogens is 4. The molecule has 0 aliphatic rings. The number of benzene rings is 1. The lowest BCUT2D eigenvalue weighted by Crippen LogP contribution is -2.24. The molecule has 1 heterocycles. The average molecular weight is 486 g/mol. The number of nitrogens with two attached hydrogens (primary N) is 1. The maximum absolute atomic E-state index is 12.4. The molecule has 0 saturated heterocycles. The van der Waals surface area contributed by atoms with Gasteiger partial charge in [-0.15, -0.1) is 48.5 Å². The largest absolute Gasteiger partial charge is 0.573 e. The summed E-state index contributed by atoms with van der Waals surface area (Å²) in [6.07, 6.45) is -3.28. The van der Waals surface area contributed by atoms with Crippen LogP contribution in [0.3, 0.4) is 0 Å². The van der Waals surface area contributed by atoms with Gasteiger partial charge in [-0.3, -0.25) is 4.99 Å². The van der Waals surface area contributed by atoms with Crippen LogP contribution in [0.4, 0.5) is 18.9 Å². The SMILES string of the molecule is CCc1nc(CCN=C(N)Nc2ccccc2OC(F)(F)F)cs1.I. The van der Waals surface area contributed by atoms with Crippen molar-refractivity contribution in [3.8, 4) is 5.75 Å². The Morgan fingerprint density at radius 1 is 1.36 bits per heavy atom. The molecule has 25 heavy (non-hydrogen) atoms. The fourth-order valence-electron chi connectivity index (χ4n) is 1.88. The van der Waals surface area contributed by atoms with Gasteiger partial charge >= 0.3 is 6.36 Å². The predicted molar refractivity (Wildman–Crippen MR) is 104 cm³/mol. The normalized spacial score (nSPS) is 11.8. The first-order valence-corrected chi connectivity index (χ1v) is 8.10. The van der Waals surface area contributed by atoms with Crippen LogP contribution in [0.5, 0.6) is 5.75 Å². The van der Waals surface area contributed by atoms with E-state index >= 15 is 0 Å². The van der Waals surface area contributed by atoms with Crippen LogP contribution in [0.25, 0.3) is 0 Å². The number of nitrogens with zero attached hydrogens (tertiary/aromatic N) is 2. The molecule has 2 aromatic rings. The van der Waals surface area contributed by atoms with Crippen LogP contribution in [-0.2, 0) is 12.8 Å². The highest BCUT2D eigenvalue weighted by Crippen LogP contribution is 2.29. The van der Waals surface area contributed by atoms with Crippen molar-refractivity contribution in [3.63, 3.8) is 0 Å². The van der Waals surface area contributed by atoms with E-state index in [-0.39, 0.29) is 41.4 Å². The van der Waals surface area contributed by atoms with E-state index in [0.717, 1.165) is 17.1 Å². The Morgan fingerprint density at radius 2 is 2.08 bits per heavy atom. The van der Waals surface area contributed by atoms with Gasteiger partial charge in [0.15, 0.2) is 11.7 Å². The molecule has 1 aromatic heterocycles. The van der Waals surface area contributed by atoms with Gasteiger partial charge in [0.25, 0.3) is 0 Å². The van der Waals surface area contributed by atoms with E-state index in [1.807, 2.05) is 12.3 Å². The van der Waals surface area contributed by atoms with Gasteiger partial charge in [-0.05, 0) is 18.6 Å². The zero-order valence-corrected chi connectivity index (χ0v) is 16.5. The van der Waals surface area contributed by atoms with Crippen molar-refractivity contribution in [3.05, 3.63) is 40.3 Å². The quantitative estimate of drug-likeness (QED) is 0.365. The number of aliphatic imine (C=N–C) groups is 1. The molecule has 0 aliphatic carbocycles. The summed E-state index contributed by atoms with van der Waals surface area (Å²) >= 11 is 1.59. The molecule has 5 nitrogen and oxygen atoms in total. The van der Waals surface area contributed by atoms with E-state index in [2.05, 4.69) is 20.0 Å². The molecule has 0 bridgehead atoms. The predicted octanol–water partition coefficient (Wildman–Crippen LogP) is 4.19. The highest BCUT2D eigenvalue weighted by Gasteiger charge is 2.32. The first-order valence-electron chi connectivity index (χ1n) is 7.22. The maximum Gasteiger partial charge on any atom is 0.573 e. The minimum absolute atomic E-state index is 0. The number of rotatable bonds is 6. The summed E-state index contributed by atoms with van der Waals surface area (Å²) in [6.45, 7) is 2.41. The standard InChI is InChI=1S/C15H17F3N4OS.HI/c1-2-13-21-10(9-24-13)7-8-20-14(19)22-11-5-3-4-6-12(11)23-15(16,17)18;/h3-6,9H,2,7-8H2,1H3,(H3,19,20,22);1H. The lowest BCUT2D eigenvalue weighted by molar-refractivity contribution is -0.274. The number of alkyl halides is 3. The number of anilines is 1. The van der Waals surface area contributed by atoms with Crippen LogP contribution in [0, 0.1) is 0 Å². The van der Waals surface area contributed by atoms with Crippen LogP contribution in [0.2, 0.25) is 0 Å². The average Bonchev–Trinajstić information content (AvgIpc) is 2.96. The molecule has 0 fully saturated rings. The van der Waals surface area contributed by atoms with E-state index in [9.17, 15) is 13.2 Å². The highest BCUT2D eigenvalue weighted by atomic mass is 127. The molecule has 0 unspecified atom stereocenters. The Bertz CT molecular complexity index is 706. The zero-order valence-electron chi connectivity index (χ0n) is 13.3. The third-order valence-electron chi connectivity index (χ3n) is 2.93. The summed E-state index contributed by atoms with van der Waals surface area (Å²) in [4.78, 5) is 8.51. The molecule has 0 aliphatic heterocycles. The molecule has 138 valence electrons. The molecule has 3 N–H and O–H groups in total. The Labute approximate surface area is 164 Å². The number of para-hydroxylation sites is 2. The monoisotopic (exact) mass is 486 g/mol.